The topological polar surface area (TPSA) is 136 Å². The SMILES string of the molecule is COCCN1C(=O)C(=O)/C(=C(/O)c2ccc([N+](=O)[O-])cc2)C1c1cccc(OC(C)=O)c1. The number of Topliss-reactive ketones (excluding diaryl/α,β-unsaturated/α-hetero) is 1. The summed E-state index contributed by atoms with van der Waals surface area (Å²) >= 11 is 0. The zero-order chi connectivity index (χ0) is 23.4. The van der Waals surface area contributed by atoms with E-state index < -0.39 is 34.4 Å². The second-order valence-corrected chi connectivity index (χ2v) is 6.96. The van der Waals surface area contributed by atoms with Crippen LogP contribution in [0.4, 0.5) is 5.69 Å². The fourth-order valence-corrected chi connectivity index (χ4v) is 3.46. The van der Waals surface area contributed by atoms with E-state index >= 15 is 0 Å². The maximum atomic E-state index is 12.9. The summed E-state index contributed by atoms with van der Waals surface area (Å²) in [5.74, 6) is -2.53. The summed E-state index contributed by atoms with van der Waals surface area (Å²) in [5.41, 5.74) is 0.205. The van der Waals surface area contributed by atoms with Gasteiger partial charge in [0.05, 0.1) is 23.1 Å². The van der Waals surface area contributed by atoms with Crippen molar-refractivity contribution in [3.63, 3.8) is 0 Å². The minimum Gasteiger partial charge on any atom is -0.507 e. The Kier molecular flexibility index (Phi) is 6.64. The van der Waals surface area contributed by atoms with Crippen molar-refractivity contribution in [2.24, 2.45) is 0 Å². The summed E-state index contributed by atoms with van der Waals surface area (Å²) in [7, 11) is 1.45. The van der Waals surface area contributed by atoms with Crippen LogP contribution >= 0.6 is 0 Å². The van der Waals surface area contributed by atoms with Gasteiger partial charge in [-0.15, -0.1) is 0 Å². The Bertz CT molecular complexity index is 1110. The molecule has 2 aromatic carbocycles. The summed E-state index contributed by atoms with van der Waals surface area (Å²) in [6, 6.07) is 10.3. The number of hydrogen-bond acceptors (Lipinski definition) is 8. The van der Waals surface area contributed by atoms with E-state index in [1.807, 2.05) is 0 Å². The number of aliphatic hydroxyl groups is 1. The lowest BCUT2D eigenvalue weighted by atomic mass is 9.95. The first kappa shape index (κ1) is 22.6. The van der Waals surface area contributed by atoms with Crippen LogP contribution in [-0.4, -0.2) is 52.9 Å². The average molecular weight is 440 g/mol. The van der Waals surface area contributed by atoms with Crippen LogP contribution in [0.1, 0.15) is 24.1 Å². The fraction of sp³-hybridized carbons (Fsp3) is 0.227. The predicted octanol–water partition coefficient (Wildman–Crippen LogP) is 2.59. The Labute approximate surface area is 182 Å². The number of ether oxygens (including phenoxy) is 2. The smallest absolute Gasteiger partial charge is 0.308 e. The number of nitrogens with zero attached hydrogens (tertiary/aromatic N) is 2. The van der Waals surface area contributed by atoms with Gasteiger partial charge in [0.15, 0.2) is 0 Å². The second-order valence-electron chi connectivity index (χ2n) is 6.96. The number of methoxy groups -OCH3 is 1. The monoisotopic (exact) mass is 440 g/mol. The second kappa shape index (κ2) is 9.40. The van der Waals surface area contributed by atoms with E-state index in [2.05, 4.69) is 0 Å². The summed E-state index contributed by atoms with van der Waals surface area (Å²) < 4.78 is 10.2. The molecule has 0 spiro atoms. The number of non-ortho nitro benzene ring substituents is 1. The number of rotatable bonds is 7. The Balaban J connectivity index is 2.14. The Morgan fingerprint density at radius 3 is 2.47 bits per heavy atom. The lowest BCUT2D eigenvalue weighted by Gasteiger charge is -2.25. The zero-order valence-corrected chi connectivity index (χ0v) is 17.3. The van der Waals surface area contributed by atoms with Gasteiger partial charge in [0, 0.05) is 38.3 Å². The van der Waals surface area contributed by atoms with E-state index in [1.54, 1.807) is 18.2 Å². The molecule has 1 aliphatic heterocycles. The number of carbonyl (C=O) groups is 3. The minimum atomic E-state index is -0.976. The van der Waals surface area contributed by atoms with Crippen molar-refractivity contribution in [2.45, 2.75) is 13.0 Å². The summed E-state index contributed by atoms with van der Waals surface area (Å²) in [4.78, 5) is 48.5. The third kappa shape index (κ3) is 4.49. The van der Waals surface area contributed by atoms with Crippen molar-refractivity contribution in [3.05, 3.63) is 75.3 Å². The van der Waals surface area contributed by atoms with Crippen molar-refractivity contribution in [2.75, 3.05) is 20.3 Å². The molecule has 1 N–H and O–H groups in total. The third-order valence-electron chi connectivity index (χ3n) is 4.86. The highest BCUT2D eigenvalue weighted by Gasteiger charge is 2.46. The highest BCUT2D eigenvalue weighted by atomic mass is 16.6. The minimum absolute atomic E-state index is 0.0700. The molecule has 10 nitrogen and oxygen atoms in total. The first-order valence-corrected chi connectivity index (χ1v) is 9.55. The zero-order valence-electron chi connectivity index (χ0n) is 17.3. The van der Waals surface area contributed by atoms with Gasteiger partial charge in [-0.25, -0.2) is 0 Å². The number of hydrogen-bond donors (Lipinski definition) is 1. The van der Waals surface area contributed by atoms with Crippen molar-refractivity contribution in [1.82, 2.24) is 4.90 Å². The number of esters is 1. The van der Waals surface area contributed by atoms with Gasteiger partial charge in [-0.05, 0) is 29.8 Å². The molecule has 1 amide bonds. The maximum Gasteiger partial charge on any atom is 0.308 e. The molecule has 1 heterocycles. The molecule has 1 aliphatic rings. The molecule has 10 heteroatoms. The van der Waals surface area contributed by atoms with Gasteiger partial charge in [0.2, 0.25) is 0 Å². The van der Waals surface area contributed by atoms with Crippen LogP contribution in [0.3, 0.4) is 0 Å². The molecular weight excluding hydrogens is 420 g/mol. The average Bonchev–Trinajstić information content (AvgIpc) is 3.01. The van der Waals surface area contributed by atoms with E-state index in [4.69, 9.17) is 9.47 Å². The molecule has 0 saturated carbocycles. The number of carbonyl (C=O) groups excluding carboxylic acids is 3. The van der Waals surface area contributed by atoms with Crippen molar-refractivity contribution >= 4 is 29.1 Å². The van der Waals surface area contributed by atoms with Crippen LogP contribution in [-0.2, 0) is 19.1 Å². The molecule has 0 aromatic heterocycles. The number of likely N-dealkylation sites (tertiary alicyclic amines) is 1. The van der Waals surface area contributed by atoms with Crippen LogP contribution in [0.25, 0.3) is 5.76 Å². The lowest BCUT2D eigenvalue weighted by Crippen LogP contribution is -2.32. The number of benzene rings is 2. The molecule has 1 fully saturated rings. The van der Waals surface area contributed by atoms with E-state index in [-0.39, 0.29) is 35.7 Å². The maximum absolute atomic E-state index is 12.9. The van der Waals surface area contributed by atoms with E-state index in [0.29, 0.717) is 5.56 Å². The molecule has 0 aliphatic carbocycles. The highest BCUT2D eigenvalue weighted by molar-refractivity contribution is 6.46. The molecule has 32 heavy (non-hydrogen) atoms. The van der Waals surface area contributed by atoms with Gasteiger partial charge in [-0.3, -0.25) is 24.5 Å². The first-order chi connectivity index (χ1) is 15.2. The van der Waals surface area contributed by atoms with E-state index in [0.717, 1.165) is 0 Å². The number of amides is 1. The normalized spacial score (nSPS) is 17.4. The summed E-state index contributed by atoms with van der Waals surface area (Å²) in [6.45, 7) is 1.46. The van der Waals surface area contributed by atoms with Gasteiger partial charge in [0.1, 0.15) is 11.5 Å². The molecule has 1 saturated heterocycles. The molecule has 0 bridgehead atoms. The Morgan fingerprint density at radius 2 is 1.88 bits per heavy atom. The van der Waals surface area contributed by atoms with Gasteiger partial charge in [-0.2, -0.15) is 0 Å². The first-order valence-electron chi connectivity index (χ1n) is 9.55. The van der Waals surface area contributed by atoms with Crippen LogP contribution in [0.2, 0.25) is 0 Å². The molecule has 0 radical (unpaired) electrons. The Morgan fingerprint density at radius 1 is 1.19 bits per heavy atom. The van der Waals surface area contributed by atoms with Crippen molar-refractivity contribution < 1.29 is 33.9 Å². The van der Waals surface area contributed by atoms with Crippen LogP contribution in [0, 0.1) is 10.1 Å². The highest BCUT2D eigenvalue weighted by Crippen LogP contribution is 2.40. The van der Waals surface area contributed by atoms with Gasteiger partial charge < -0.3 is 19.5 Å². The van der Waals surface area contributed by atoms with Gasteiger partial charge in [0.25, 0.3) is 17.4 Å². The summed E-state index contributed by atoms with van der Waals surface area (Å²) in [5, 5.41) is 21.8. The molecule has 166 valence electrons. The number of ketones is 1. The van der Waals surface area contributed by atoms with Crippen LogP contribution < -0.4 is 4.74 Å². The van der Waals surface area contributed by atoms with Gasteiger partial charge >= 0.3 is 5.97 Å². The molecular formula is C22H20N2O8. The quantitative estimate of drug-likeness (QED) is 0.132. The van der Waals surface area contributed by atoms with Crippen molar-refractivity contribution in [3.8, 4) is 5.75 Å². The van der Waals surface area contributed by atoms with E-state index in [1.165, 1.54) is 49.3 Å². The Hall–Kier alpha value is -4.05. The largest absolute Gasteiger partial charge is 0.507 e. The number of nitro groups is 1. The van der Waals surface area contributed by atoms with Crippen LogP contribution in [0.15, 0.2) is 54.1 Å². The third-order valence-corrected chi connectivity index (χ3v) is 4.86. The van der Waals surface area contributed by atoms with Gasteiger partial charge in [-0.1, -0.05) is 12.1 Å². The number of nitro benzene ring substituents is 1. The molecule has 1 atom stereocenters. The standard InChI is InChI=1S/C22H20N2O8/c1-13(25)32-17-5-3-4-15(12-17)19-18(21(27)22(28)23(19)10-11-31-2)20(26)14-6-8-16(9-7-14)24(29)30/h3-9,12,19,26H,10-11H2,1-2H3/b20-18+. The van der Waals surface area contributed by atoms with Crippen LogP contribution in [0.5, 0.6) is 5.75 Å². The number of aliphatic hydroxyl groups excluding tert-OH is 1. The lowest BCUT2D eigenvalue weighted by molar-refractivity contribution is -0.384. The predicted molar refractivity (Wildman–Crippen MR) is 112 cm³/mol. The molecule has 2 aromatic rings. The van der Waals surface area contributed by atoms with E-state index in [9.17, 15) is 29.6 Å². The molecule has 1 unspecified atom stereocenters. The fourth-order valence-electron chi connectivity index (χ4n) is 3.46. The summed E-state index contributed by atoms with van der Waals surface area (Å²) in [6.07, 6.45) is 0. The molecule has 3 rings (SSSR count). The van der Waals surface area contributed by atoms with Crippen molar-refractivity contribution in [1.29, 1.82) is 0 Å².